The van der Waals surface area contributed by atoms with Crippen molar-refractivity contribution in [3.63, 3.8) is 0 Å². The van der Waals surface area contributed by atoms with Crippen LogP contribution in [0.3, 0.4) is 0 Å². The van der Waals surface area contributed by atoms with E-state index >= 15 is 0 Å². The van der Waals surface area contributed by atoms with Crippen LogP contribution >= 0.6 is 0 Å². The summed E-state index contributed by atoms with van der Waals surface area (Å²) >= 11 is 0. The highest BCUT2D eigenvalue weighted by Gasteiger charge is 2.37. The first-order valence-electron chi connectivity index (χ1n) is 4.76. The van der Waals surface area contributed by atoms with Gasteiger partial charge in [-0.25, -0.2) is 0 Å². The van der Waals surface area contributed by atoms with Crippen LogP contribution in [0.15, 0.2) is 36.4 Å². The Morgan fingerprint density at radius 1 is 1.00 bits per heavy atom. The predicted octanol–water partition coefficient (Wildman–Crippen LogP) is 2.25. The standard InChI is InChI=1S/C12H6FNO2/c13-14-9-6-5-7-3-1-2-4-8(7)10(9)11(15)12(14)16/h1-6H. The minimum absolute atomic E-state index is 0.0358. The second kappa shape index (κ2) is 2.88. The molecule has 0 saturated carbocycles. The Bertz CT molecular complexity index is 636. The van der Waals surface area contributed by atoms with Crippen LogP contribution in [0.5, 0.6) is 0 Å². The van der Waals surface area contributed by atoms with Gasteiger partial charge in [-0.15, -0.1) is 5.12 Å². The molecule has 0 N–H and O–H groups in total. The molecular formula is C12H6FNO2. The van der Waals surface area contributed by atoms with Gasteiger partial charge in [0.1, 0.15) is 0 Å². The summed E-state index contributed by atoms with van der Waals surface area (Å²) in [5.74, 6) is -1.90. The highest BCUT2D eigenvalue weighted by atomic mass is 19.2. The van der Waals surface area contributed by atoms with Crippen molar-refractivity contribution in [2.45, 2.75) is 0 Å². The third-order valence-electron chi connectivity index (χ3n) is 2.72. The van der Waals surface area contributed by atoms with E-state index in [0.717, 1.165) is 5.39 Å². The quantitative estimate of drug-likeness (QED) is 0.499. The lowest BCUT2D eigenvalue weighted by Gasteiger charge is -2.04. The van der Waals surface area contributed by atoms with E-state index in [2.05, 4.69) is 0 Å². The highest BCUT2D eigenvalue weighted by molar-refractivity contribution is 6.53. The number of ketones is 1. The lowest BCUT2D eigenvalue weighted by molar-refractivity contribution is -0.116. The molecule has 2 aromatic carbocycles. The molecule has 0 bridgehead atoms. The summed E-state index contributed by atoms with van der Waals surface area (Å²) in [6, 6.07) is 10.2. The molecular weight excluding hydrogens is 209 g/mol. The molecule has 1 amide bonds. The molecule has 1 heterocycles. The largest absolute Gasteiger partial charge is 0.327 e. The minimum atomic E-state index is -1.12. The Hall–Kier alpha value is -2.23. The van der Waals surface area contributed by atoms with Crippen LogP contribution < -0.4 is 5.12 Å². The van der Waals surface area contributed by atoms with Gasteiger partial charge in [0.2, 0.25) is 0 Å². The maximum Gasteiger partial charge on any atom is 0.327 e. The number of benzene rings is 2. The molecule has 0 saturated heterocycles. The fourth-order valence-electron chi connectivity index (χ4n) is 1.97. The summed E-state index contributed by atoms with van der Waals surface area (Å²) < 4.78 is 13.4. The summed E-state index contributed by atoms with van der Waals surface area (Å²) in [5, 5.41) is 1.33. The minimum Gasteiger partial charge on any atom is -0.283 e. The van der Waals surface area contributed by atoms with Gasteiger partial charge in [-0.05, 0) is 16.8 Å². The summed E-state index contributed by atoms with van der Waals surface area (Å²) in [7, 11) is 0. The van der Waals surface area contributed by atoms with Crippen LogP contribution in [0.25, 0.3) is 10.8 Å². The molecule has 16 heavy (non-hydrogen) atoms. The van der Waals surface area contributed by atoms with Crippen molar-refractivity contribution in [3.8, 4) is 0 Å². The van der Waals surface area contributed by atoms with Crippen LogP contribution in [0.2, 0.25) is 0 Å². The van der Waals surface area contributed by atoms with Crippen LogP contribution in [0.4, 0.5) is 10.2 Å². The highest BCUT2D eigenvalue weighted by Crippen LogP contribution is 2.34. The van der Waals surface area contributed by atoms with Crippen LogP contribution in [0.1, 0.15) is 10.4 Å². The van der Waals surface area contributed by atoms with Crippen LogP contribution in [-0.4, -0.2) is 11.7 Å². The maximum atomic E-state index is 13.4. The first kappa shape index (κ1) is 9.03. The molecule has 1 aliphatic heterocycles. The topological polar surface area (TPSA) is 37.4 Å². The molecule has 0 unspecified atom stereocenters. The summed E-state index contributed by atoms with van der Waals surface area (Å²) in [6.45, 7) is 0. The number of carbonyl (C=O) groups excluding carboxylic acids is 2. The van der Waals surface area contributed by atoms with Gasteiger partial charge in [-0.1, -0.05) is 34.8 Å². The molecule has 3 nitrogen and oxygen atoms in total. The fourth-order valence-corrected chi connectivity index (χ4v) is 1.97. The van der Waals surface area contributed by atoms with E-state index in [-0.39, 0.29) is 16.4 Å². The number of hydrogen-bond donors (Lipinski definition) is 0. The molecule has 1 aliphatic rings. The number of amides is 1. The van der Waals surface area contributed by atoms with Gasteiger partial charge in [0, 0.05) is 0 Å². The average molecular weight is 215 g/mol. The molecule has 0 aromatic heterocycles. The summed E-state index contributed by atoms with van der Waals surface area (Å²) in [4.78, 5) is 22.8. The first-order chi connectivity index (χ1) is 7.70. The van der Waals surface area contributed by atoms with Crippen molar-refractivity contribution in [2.24, 2.45) is 0 Å². The number of fused-ring (bicyclic) bond motifs is 3. The van der Waals surface area contributed by atoms with E-state index in [9.17, 15) is 14.1 Å². The van der Waals surface area contributed by atoms with Gasteiger partial charge in [-0.3, -0.25) is 9.59 Å². The van der Waals surface area contributed by atoms with Crippen molar-refractivity contribution < 1.29 is 14.1 Å². The maximum absolute atomic E-state index is 13.4. The van der Waals surface area contributed by atoms with Crippen molar-refractivity contribution in [2.75, 3.05) is 5.12 Å². The number of nitrogens with zero attached hydrogens (tertiary/aromatic N) is 1. The van der Waals surface area contributed by atoms with E-state index in [1.54, 1.807) is 18.2 Å². The lowest BCUT2D eigenvalue weighted by atomic mass is 10.0. The first-order valence-corrected chi connectivity index (χ1v) is 4.76. The Morgan fingerprint density at radius 2 is 1.75 bits per heavy atom. The number of halogens is 1. The molecule has 0 atom stereocenters. The van der Waals surface area contributed by atoms with Gasteiger partial charge in [0.15, 0.2) is 0 Å². The third-order valence-corrected chi connectivity index (χ3v) is 2.72. The third kappa shape index (κ3) is 0.957. The van der Waals surface area contributed by atoms with E-state index in [1.807, 2.05) is 12.1 Å². The summed E-state index contributed by atoms with van der Waals surface area (Å²) in [5.41, 5.74) is 0.194. The molecule has 0 aliphatic carbocycles. The molecule has 3 rings (SSSR count). The van der Waals surface area contributed by atoms with Crippen LogP contribution in [-0.2, 0) is 4.79 Å². The molecule has 0 fully saturated rings. The normalized spacial score (nSPS) is 14.7. The van der Waals surface area contributed by atoms with Crippen molar-refractivity contribution in [1.29, 1.82) is 0 Å². The molecule has 0 spiro atoms. The predicted molar refractivity (Wildman–Crippen MR) is 56.9 cm³/mol. The smallest absolute Gasteiger partial charge is 0.283 e. The van der Waals surface area contributed by atoms with Crippen molar-refractivity contribution in [3.05, 3.63) is 42.0 Å². The van der Waals surface area contributed by atoms with E-state index < -0.39 is 11.7 Å². The van der Waals surface area contributed by atoms with E-state index in [1.165, 1.54) is 6.07 Å². The molecule has 78 valence electrons. The molecule has 4 heteroatoms. The van der Waals surface area contributed by atoms with E-state index in [4.69, 9.17) is 0 Å². The van der Waals surface area contributed by atoms with E-state index in [0.29, 0.717) is 5.39 Å². The number of anilines is 1. The zero-order valence-electron chi connectivity index (χ0n) is 8.11. The molecule has 0 radical (unpaired) electrons. The average Bonchev–Trinajstić information content (AvgIpc) is 2.55. The second-order valence-corrected chi connectivity index (χ2v) is 3.60. The van der Waals surface area contributed by atoms with Gasteiger partial charge < -0.3 is 0 Å². The zero-order chi connectivity index (χ0) is 11.3. The lowest BCUT2D eigenvalue weighted by Crippen LogP contribution is -2.20. The number of hydrogen-bond acceptors (Lipinski definition) is 2. The van der Waals surface area contributed by atoms with Gasteiger partial charge in [0.05, 0.1) is 11.3 Å². The number of rotatable bonds is 0. The molecule has 2 aromatic rings. The van der Waals surface area contributed by atoms with Crippen LogP contribution in [0, 0.1) is 0 Å². The number of Topliss-reactive ketones (excluding diaryl/α,β-unsaturated/α-hetero) is 1. The Labute approximate surface area is 90.0 Å². The van der Waals surface area contributed by atoms with Crippen molar-refractivity contribution in [1.82, 2.24) is 0 Å². The van der Waals surface area contributed by atoms with Gasteiger partial charge >= 0.3 is 5.91 Å². The summed E-state index contributed by atoms with van der Waals surface area (Å²) in [6.07, 6.45) is 0. The zero-order valence-corrected chi connectivity index (χ0v) is 8.11. The Kier molecular flexibility index (Phi) is 1.63. The van der Waals surface area contributed by atoms with Gasteiger partial charge in [-0.2, -0.15) is 0 Å². The van der Waals surface area contributed by atoms with Gasteiger partial charge in [0.25, 0.3) is 5.78 Å². The SMILES string of the molecule is O=C1C(=O)N(F)c2ccc3ccccc3c21. The monoisotopic (exact) mass is 215 g/mol. The Balaban J connectivity index is 2.46. The van der Waals surface area contributed by atoms with Crippen molar-refractivity contribution >= 4 is 28.2 Å². The Morgan fingerprint density at radius 3 is 2.56 bits per heavy atom. The fraction of sp³-hybridized carbons (Fsp3) is 0. The number of carbonyl (C=O) groups is 2. The second-order valence-electron chi connectivity index (χ2n) is 3.60.